The molecule has 0 N–H and O–H groups in total. The van der Waals surface area contributed by atoms with Crippen LogP contribution in [0, 0.1) is 6.92 Å². The van der Waals surface area contributed by atoms with Gasteiger partial charge in [-0.25, -0.2) is 0 Å². The van der Waals surface area contributed by atoms with E-state index < -0.39 is 0 Å². The zero-order chi connectivity index (χ0) is 12.3. The van der Waals surface area contributed by atoms with Gasteiger partial charge in [0.05, 0.1) is 6.10 Å². The van der Waals surface area contributed by atoms with E-state index in [1.807, 2.05) is 26.0 Å². The highest BCUT2D eigenvalue weighted by Crippen LogP contribution is 2.23. The molecule has 0 aliphatic rings. The molecule has 2 aromatic rings. The van der Waals surface area contributed by atoms with Crippen molar-refractivity contribution in [3.8, 4) is 16.9 Å². The lowest BCUT2D eigenvalue weighted by molar-refractivity contribution is 0.242. The lowest BCUT2D eigenvalue weighted by Gasteiger charge is -2.10. The van der Waals surface area contributed by atoms with E-state index in [-0.39, 0.29) is 6.10 Å². The molecule has 0 saturated heterocycles. The van der Waals surface area contributed by atoms with Crippen LogP contribution < -0.4 is 4.74 Å². The predicted octanol–water partition coefficient (Wildman–Crippen LogP) is 4.45. The molecule has 0 heterocycles. The third kappa shape index (κ3) is 3.10. The largest absolute Gasteiger partial charge is 0.491 e. The third-order valence-electron chi connectivity index (χ3n) is 2.58. The highest BCUT2D eigenvalue weighted by Gasteiger charge is 2.00. The lowest BCUT2D eigenvalue weighted by Crippen LogP contribution is -2.05. The van der Waals surface area contributed by atoms with Crippen molar-refractivity contribution < 1.29 is 4.74 Å². The molecule has 0 aliphatic heterocycles. The van der Waals surface area contributed by atoms with Crippen LogP contribution in [0.2, 0.25) is 0 Å². The molecule has 0 saturated carbocycles. The van der Waals surface area contributed by atoms with Gasteiger partial charge in [-0.3, -0.25) is 0 Å². The van der Waals surface area contributed by atoms with Crippen molar-refractivity contribution in [2.45, 2.75) is 26.9 Å². The summed E-state index contributed by atoms with van der Waals surface area (Å²) < 4.78 is 5.63. The maximum absolute atomic E-state index is 5.63. The number of hydrogen-bond acceptors (Lipinski definition) is 1. The van der Waals surface area contributed by atoms with Crippen LogP contribution in [0.25, 0.3) is 11.1 Å². The maximum Gasteiger partial charge on any atom is 0.119 e. The van der Waals surface area contributed by atoms with Gasteiger partial charge in [-0.15, -0.1) is 0 Å². The Balaban J connectivity index is 2.23. The first-order valence-corrected chi connectivity index (χ1v) is 5.99. The van der Waals surface area contributed by atoms with Gasteiger partial charge in [0.1, 0.15) is 5.75 Å². The monoisotopic (exact) mass is 226 g/mol. The van der Waals surface area contributed by atoms with Gasteiger partial charge in [-0.05, 0) is 44.0 Å². The van der Waals surface area contributed by atoms with Gasteiger partial charge in [-0.2, -0.15) is 0 Å². The number of ether oxygens (including phenoxy) is 1. The Morgan fingerprint density at radius 3 is 2.18 bits per heavy atom. The molecule has 0 unspecified atom stereocenters. The minimum Gasteiger partial charge on any atom is -0.491 e. The summed E-state index contributed by atoms with van der Waals surface area (Å²) in [7, 11) is 0. The molecule has 17 heavy (non-hydrogen) atoms. The summed E-state index contributed by atoms with van der Waals surface area (Å²) in [6.07, 6.45) is 0.222. The number of rotatable bonds is 3. The maximum atomic E-state index is 5.63. The van der Waals surface area contributed by atoms with E-state index in [0.29, 0.717) is 0 Å². The average Bonchev–Trinajstić information content (AvgIpc) is 2.29. The van der Waals surface area contributed by atoms with Crippen LogP contribution in [0.4, 0.5) is 0 Å². The minimum atomic E-state index is 0.222. The van der Waals surface area contributed by atoms with E-state index in [1.54, 1.807) is 0 Å². The van der Waals surface area contributed by atoms with Crippen molar-refractivity contribution in [1.29, 1.82) is 0 Å². The summed E-state index contributed by atoms with van der Waals surface area (Å²) >= 11 is 0. The minimum absolute atomic E-state index is 0.222. The van der Waals surface area contributed by atoms with Crippen molar-refractivity contribution in [2.75, 3.05) is 0 Å². The van der Waals surface area contributed by atoms with Crippen molar-refractivity contribution in [1.82, 2.24) is 0 Å². The molecule has 88 valence electrons. The van der Waals surface area contributed by atoms with Crippen LogP contribution in [-0.2, 0) is 0 Å². The predicted molar refractivity (Wildman–Crippen MR) is 72.4 cm³/mol. The molecular weight excluding hydrogens is 208 g/mol. The van der Waals surface area contributed by atoms with E-state index in [0.717, 1.165) is 5.75 Å². The number of hydrogen-bond donors (Lipinski definition) is 0. The van der Waals surface area contributed by atoms with Crippen LogP contribution >= 0.6 is 0 Å². The van der Waals surface area contributed by atoms with E-state index in [9.17, 15) is 0 Å². The highest BCUT2D eigenvalue weighted by atomic mass is 16.5. The van der Waals surface area contributed by atoms with Crippen LogP contribution in [0.5, 0.6) is 5.75 Å². The van der Waals surface area contributed by atoms with Gasteiger partial charge in [-0.1, -0.05) is 42.0 Å². The molecule has 0 bridgehead atoms. The van der Waals surface area contributed by atoms with Crippen molar-refractivity contribution in [3.63, 3.8) is 0 Å². The molecule has 2 aromatic carbocycles. The number of aryl methyl sites for hydroxylation is 1. The Bertz CT molecular complexity index is 483. The summed E-state index contributed by atoms with van der Waals surface area (Å²) in [6, 6.07) is 16.8. The molecule has 0 fully saturated rings. The summed E-state index contributed by atoms with van der Waals surface area (Å²) in [5, 5.41) is 0. The average molecular weight is 226 g/mol. The zero-order valence-electron chi connectivity index (χ0n) is 10.6. The fourth-order valence-corrected chi connectivity index (χ4v) is 1.82. The Morgan fingerprint density at radius 1 is 0.882 bits per heavy atom. The standard InChI is InChI=1S/C16H18O/c1-12(2)17-16-9-7-14(8-10-16)15-6-4-5-13(3)11-15/h4-12H,1-3H3. The topological polar surface area (TPSA) is 9.23 Å². The molecule has 2 rings (SSSR count). The first-order valence-electron chi connectivity index (χ1n) is 5.99. The Kier molecular flexibility index (Phi) is 3.48. The summed E-state index contributed by atoms with van der Waals surface area (Å²) in [5.74, 6) is 0.927. The normalized spacial score (nSPS) is 10.6. The van der Waals surface area contributed by atoms with Gasteiger partial charge in [0.25, 0.3) is 0 Å². The van der Waals surface area contributed by atoms with E-state index >= 15 is 0 Å². The molecule has 1 heteroatoms. The quantitative estimate of drug-likeness (QED) is 0.751. The van der Waals surface area contributed by atoms with Crippen LogP contribution in [0.3, 0.4) is 0 Å². The van der Waals surface area contributed by atoms with Crippen molar-refractivity contribution >= 4 is 0 Å². The second-order valence-electron chi connectivity index (χ2n) is 4.56. The third-order valence-corrected chi connectivity index (χ3v) is 2.58. The fourth-order valence-electron chi connectivity index (χ4n) is 1.82. The highest BCUT2D eigenvalue weighted by molar-refractivity contribution is 5.64. The molecule has 0 amide bonds. The molecule has 0 atom stereocenters. The Morgan fingerprint density at radius 2 is 1.59 bits per heavy atom. The van der Waals surface area contributed by atoms with Crippen molar-refractivity contribution in [2.24, 2.45) is 0 Å². The molecule has 0 aliphatic carbocycles. The van der Waals surface area contributed by atoms with Crippen LogP contribution in [0.15, 0.2) is 48.5 Å². The van der Waals surface area contributed by atoms with E-state index in [2.05, 4.69) is 43.3 Å². The van der Waals surface area contributed by atoms with E-state index in [4.69, 9.17) is 4.74 Å². The Labute approximate surface area is 103 Å². The zero-order valence-corrected chi connectivity index (χ0v) is 10.6. The first kappa shape index (κ1) is 11.7. The smallest absolute Gasteiger partial charge is 0.119 e. The first-order chi connectivity index (χ1) is 8.15. The summed E-state index contributed by atoms with van der Waals surface area (Å²) in [6.45, 7) is 6.18. The van der Waals surface area contributed by atoms with Gasteiger partial charge in [0.15, 0.2) is 0 Å². The molecular formula is C16H18O. The van der Waals surface area contributed by atoms with Gasteiger partial charge >= 0.3 is 0 Å². The summed E-state index contributed by atoms with van der Waals surface area (Å²) in [5.41, 5.74) is 3.76. The van der Waals surface area contributed by atoms with Crippen LogP contribution in [-0.4, -0.2) is 6.10 Å². The number of benzene rings is 2. The molecule has 0 spiro atoms. The van der Waals surface area contributed by atoms with Gasteiger partial charge < -0.3 is 4.74 Å². The second kappa shape index (κ2) is 5.05. The molecule has 0 aromatic heterocycles. The van der Waals surface area contributed by atoms with Crippen molar-refractivity contribution in [3.05, 3.63) is 54.1 Å². The van der Waals surface area contributed by atoms with Gasteiger partial charge in [0.2, 0.25) is 0 Å². The van der Waals surface area contributed by atoms with Crippen LogP contribution in [0.1, 0.15) is 19.4 Å². The van der Waals surface area contributed by atoms with Gasteiger partial charge in [0, 0.05) is 0 Å². The molecule has 0 radical (unpaired) electrons. The molecule has 1 nitrogen and oxygen atoms in total. The lowest BCUT2D eigenvalue weighted by atomic mass is 10.0. The SMILES string of the molecule is Cc1cccc(-c2ccc(OC(C)C)cc2)c1. The second-order valence-corrected chi connectivity index (χ2v) is 4.56. The van der Waals surface area contributed by atoms with E-state index in [1.165, 1.54) is 16.7 Å². The fraction of sp³-hybridized carbons (Fsp3) is 0.250. The Hall–Kier alpha value is -1.76. The summed E-state index contributed by atoms with van der Waals surface area (Å²) in [4.78, 5) is 0.